The van der Waals surface area contributed by atoms with Crippen molar-refractivity contribution in [3.05, 3.63) is 36.5 Å². The average Bonchev–Trinajstić information content (AvgIpc) is 2.80. The lowest BCUT2D eigenvalue weighted by atomic mass is 10.2. The molecule has 0 bridgehead atoms. The van der Waals surface area contributed by atoms with Gasteiger partial charge in [0.25, 0.3) is 0 Å². The maximum atomic E-state index is 12.6. The Morgan fingerprint density at radius 2 is 1.75 bits per heavy atom. The summed E-state index contributed by atoms with van der Waals surface area (Å²) in [5, 5.41) is 10.8. The summed E-state index contributed by atoms with van der Waals surface area (Å²) in [4.78, 5) is 18.4. The van der Waals surface area contributed by atoms with Gasteiger partial charge < -0.3 is 29.5 Å². The van der Waals surface area contributed by atoms with Gasteiger partial charge in [0.05, 0.1) is 30.8 Å². The molecule has 0 atom stereocenters. The second-order valence-corrected chi connectivity index (χ2v) is 7.32. The zero-order valence-corrected chi connectivity index (χ0v) is 17.2. The SMILES string of the molecule is O=C(Nc1ccccc1OC(F)(F)F)N1CCN(c2cc(N3CCOCC3)cnn2)CC1. The Labute approximate surface area is 182 Å². The first kappa shape index (κ1) is 21.9. The monoisotopic (exact) mass is 452 g/mol. The number of rotatable bonds is 4. The second kappa shape index (κ2) is 9.47. The van der Waals surface area contributed by atoms with Crippen LogP contribution in [0.15, 0.2) is 36.5 Å². The van der Waals surface area contributed by atoms with Crippen molar-refractivity contribution in [3.63, 3.8) is 0 Å². The molecule has 32 heavy (non-hydrogen) atoms. The molecule has 0 saturated carbocycles. The highest BCUT2D eigenvalue weighted by atomic mass is 19.4. The van der Waals surface area contributed by atoms with E-state index >= 15 is 0 Å². The molecule has 4 rings (SSSR count). The molecule has 2 saturated heterocycles. The number of carbonyl (C=O) groups excluding carboxylic acids is 1. The largest absolute Gasteiger partial charge is 0.573 e. The molecule has 9 nitrogen and oxygen atoms in total. The molecule has 0 radical (unpaired) electrons. The van der Waals surface area contributed by atoms with Gasteiger partial charge in [-0.25, -0.2) is 4.79 Å². The number of carbonyl (C=O) groups is 1. The summed E-state index contributed by atoms with van der Waals surface area (Å²) in [6, 6.07) is 6.93. The number of amides is 2. The number of hydrogen-bond acceptors (Lipinski definition) is 7. The van der Waals surface area contributed by atoms with Gasteiger partial charge in [-0.15, -0.1) is 18.3 Å². The van der Waals surface area contributed by atoms with Crippen LogP contribution in [0.4, 0.5) is 35.2 Å². The van der Waals surface area contributed by atoms with Crippen LogP contribution >= 0.6 is 0 Å². The molecule has 0 unspecified atom stereocenters. The van der Waals surface area contributed by atoms with Crippen molar-refractivity contribution in [2.24, 2.45) is 0 Å². The molecule has 2 amide bonds. The Morgan fingerprint density at radius 3 is 2.47 bits per heavy atom. The van der Waals surface area contributed by atoms with Gasteiger partial charge >= 0.3 is 12.4 Å². The number of urea groups is 1. The topological polar surface area (TPSA) is 83.1 Å². The van der Waals surface area contributed by atoms with Crippen LogP contribution in [0.5, 0.6) is 5.75 Å². The Kier molecular flexibility index (Phi) is 6.49. The van der Waals surface area contributed by atoms with E-state index in [1.807, 2.05) is 11.0 Å². The molecule has 172 valence electrons. The molecular weight excluding hydrogens is 429 g/mol. The van der Waals surface area contributed by atoms with Crippen LogP contribution in [0, 0.1) is 0 Å². The minimum atomic E-state index is -4.84. The quantitative estimate of drug-likeness (QED) is 0.764. The van der Waals surface area contributed by atoms with Gasteiger partial charge in [0.2, 0.25) is 0 Å². The Bertz CT molecular complexity index is 931. The van der Waals surface area contributed by atoms with E-state index in [2.05, 4.69) is 25.2 Å². The van der Waals surface area contributed by atoms with Crippen LogP contribution in [0.25, 0.3) is 0 Å². The summed E-state index contributed by atoms with van der Waals surface area (Å²) in [6.45, 7) is 4.74. The van der Waals surface area contributed by atoms with Crippen molar-refractivity contribution in [3.8, 4) is 5.75 Å². The van der Waals surface area contributed by atoms with Crippen molar-refractivity contribution in [1.82, 2.24) is 15.1 Å². The first-order valence-corrected chi connectivity index (χ1v) is 10.2. The highest BCUT2D eigenvalue weighted by Crippen LogP contribution is 2.30. The molecular formula is C20H23F3N6O3. The van der Waals surface area contributed by atoms with Gasteiger partial charge in [-0.2, -0.15) is 5.10 Å². The van der Waals surface area contributed by atoms with Crippen molar-refractivity contribution in [2.45, 2.75) is 6.36 Å². The van der Waals surface area contributed by atoms with Gasteiger partial charge in [-0.3, -0.25) is 0 Å². The number of halogens is 3. The normalized spacial score (nSPS) is 17.3. The molecule has 2 aromatic rings. The maximum Gasteiger partial charge on any atom is 0.573 e. The van der Waals surface area contributed by atoms with Crippen molar-refractivity contribution < 1.29 is 27.4 Å². The lowest BCUT2D eigenvalue weighted by Gasteiger charge is -2.35. The number of piperazine rings is 1. The molecule has 0 aliphatic carbocycles. The lowest BCUT2D eigenvalue weighted by Crippen LogP contribution is -2.50. The average molecular weight is 452 g/mol. The lowest BCUT2D eigenvalue weighted by molar-refractivity contribution is -0.274. The molecule has 2 aliphatic rings. The number of para-hydroxylation sites is 2. The number of hydrogen-bond donors (Lipinski definition) is 1. The molecule has 1 aromatic carbocycles. The number of benzene rings is 1. The number of aromatic nitrogens is 2. The minimum Gasteiger partial charge on any atom is -0.404 e. The predicted octanol–water partition coefficient (Wildman–Crippen LogP) is 2.57. The summed E-state index contributed by atoms with van der Waals surface area (Å²) >= 11 is 0. The minimum absolute atomic E-state index is 0.0404. The number of nitrogens with one attached hydrogen (secondary N) is 1. The van der Waals surface area contributed by atoms with Gasteiger partial charge in [-0.05, 0) is 12.1 Å². The summed E-state index contributed by atoms with van der Waals surface area (Å²) < 4.78 is 47.2. The van der Waals surface area contributed by atoms with E-state index in [0.29, 0.717) is 39.4 Å². The second-order valence-electron chi connectivity index (χ2n) is 7.32. The molecule has 1 aromatic heterocycles. The molecule has 1 N–H and O–H groups in total. The third-order valence-corrected chi connectivity index (χ3v) is 5.25. The van der Waals surface area contributed by atoms with E-state index in [-0.39, 0.29) is 5.69 Å². The predicted molar refractivity (Wildman–Crippen MR) is 111 cm³/mol. The number of nitrogens with zero attached hydrogens (tertiary/aromatic N) is 5. The molecule has 2 aliphatic heterocycles. The van der Waals surface area contributed by atoms with Gasteiger partial charge in [-0.1, -0.05) is 12.1 Å². The van der Waals surface area contributed by atoms with Crippen molar-refractivity contribution in [1.29, 1.82) is 0 Å². The molecule has 2 fully saturated rings. The van der Waals surface area contributed by atoms with Crippen LogP contribution in [-0.2, 0) is 4.74 Å². The number of morpholine rings is 1. The van der Waals surface area contributed by atoms with Crippen LogP contribution in [0.2, 0.25) is 0 Å². The van der Waals surface area contributed by atoms with Crippen LogP contribution in [-0.4, -0.2) is 80.0 Å². The van der Waals surface area contributed by atoms with Crippen molar-refractivity contribution in [2.75, 3.05) is 67.6 Å². The summed E-state index contributed by atoms with van der Waals surface area (Å²) in [5.41, 5.74) is 0.932. The van der Waals surface area contributed by atoms with Gasteiger partial charge in [0.15, 0.2) is 11.6 Å². The number of alkyl halides is 3. The smallest absolute Gasteiger partial charge is 0.404 e. The van der Waals surface area contributed by atoms with Crippen molar-refractivity contribution >= 4 is 23.2 Å². The van der Waals surface area contributed by atoms with Crippen LogP contribution in [0.1, 0.15) is 0 Å². The zero-order chi connectivity index (χ0) is 22.6. The van der Waals surface area contributed by atoms with E-state index in [4.69, 9.17) is 4.74 Å². The molecule has 12 heteroatoms. The van der Waals surface area contributed by atoms with E-state index in [1.54, 1.807) is 11.1 Å². The Hall–Kier alpha value is -3.28. The third-order valence-electron chi connectivity index (χ3n) is 5.25. The van der Waals surface area contributed by atoms with E-state index in [9.17, 15) is 18.0 Å². The maximum absolute atomic E-state index is 12.6. The molecule has 3 heterocycles. The summed E-state index contributed by atoms with van der Waals surface area (Å²) in [5.74, 6) is 0.264. The highest BCUT2D eigenvalue weighted by Gasteiger charge is 2.32. The third kappa shape index (κ3) is 5.49. The van der Waals surface area contributed by atoms with Crippen LogP contribution in [0.3, 0.4) is 0 Å². The number of ether oxygens (including phenoxy) is 2. The first-order valence-electron chi connectivity index (χ1n) is 10.2. The Morgan fingerprint density at radius 1 is 1.03 bits per heavy atom. The Balaban J connectivity index is 1.35. The standard InChI is InChI=1S/C20H23F3N6O3/c21-20(22,23)32-17-4-2-1-3-16(17)25-19(30)29-7-5-28(6-8-29)18-13-15(14-24-26-18)27-9-11-31-12-10-27/h1-4,13-14H,5-12H2,(H,25,30). The van der Waals surface area contributed by atoms with Gasteiger partial charge in [0, 0.05) is 45.3 Å². The highest BCUT2D eigenvalue weighted by molar-refractivity contribution is 5.91. The summed E-state index contributed by atoms with van der Waals surface area (Å²) in [6.07, 6.45) is -3.12. The summed E-state index contributed by atoms with van der Waals surface area (Å²) in [7, 11) is 0. The molecule has 0 spiro atoms. The fourth-order valence-corrected chi connectivity index (χ4v) is 3.61. The van der Waals surface area contributed by atoms with Crippen LogP contribution < -0.4 is 19.9 Å². The first-order chi connectivity index (χ1) is 15.4. The van der Waals surface area contributed by atoms with Gasteiger partial charge in [0.1, 0.15) is 0 Å². The van der Waals surface area contributed by atoms with E-state index in [1.165, 1.54) is 18.2 Å². The van der Waals surface area contributed by atoms with E-state index < -0.39 is 18.1 Å². The number of anilines is 3. The zero-order valence-electron chi connectivity index (χ0n) is 17.2. The fourth-order valence-electron chi connectivity index (χ4n) is 3.61. The van der Waals surface area contributed by atoms with E-state index in [0.717, 1.165) is 30.7 Å². The fraction of sp³-hybridized carbons (Fsp3) is 0.450.